The number of aromatic nitrogens is 1. The Labute approximate surface area is 212 Å². The molecule has 3 nitrogen and oxygen atoms in total. The Hall–Kier alpha value is -3.47. The van der Waals surface area contributed by atoms with Gasteiger partial charge in [-0.3, -0.25) is 0 Å². The van der Waals surface area contributed by atoms with Crippen LogP contribution in [0.25, 0.3) is 33.4 Å². The van der Waals surface area contributed by atoms with Gasteiger partial charge in [0.25, 0.3) is 0 Å². The van der Waals surface area contributed by atoms with Crippen LogP contribution in [0.4, 0.5) is 0 Å². The molecular formula is C29H23BrClN3. The number of benzene rings is 4. The molecule has 1 heterocycles. The maximum atomic E-state index is 6.71. The molecule has 4 aromatic carbocycles. The standard InChI is InChI=1S/C29H23BrClN3/c30-24-12-15-27-26(16-24)23(17-33-27)18-34-29(28(32)21-10-13-25(31)14-11-21)22-8-6-20(7-9-22)19-4-2-1-3-5-19/h1-17,33-34H,18,32H2/b29-28-. The molecular weight excluding hydrogens is 506 g/mol. The number of aromatic amines is 1. The zero-order chi connectivity index (χ0) is 23.5. The summed E-state index contributed by atoms with van der Waals surface area (Å²) in [7, 11) is 0. The lowest BCUT2D eigenvalue weighted by molar-refractivity contribution is 0.896. The van der Waals surface area contributed by atoms with Crippen molar-refractivity contribution in [3.63, 3.8) is 0 Å². The minimum Gasteiger partial charge on any atom is -0.397 e. The van der Waals surface area contributed by atoms with Crippen molar-refractivity contribution < 1.29 is 0 Å². The number of H-pyrrole nitrogens is 1. The van der Waals surface area contributed by atoms with Gasteiger partial charge in [-0.15, -0.1) is 0 Å². The first-order valence-electron chi connectivity index (χ1n) is 11.0. The van der Waals surface area contributed by atoms with E-state index >= 15 is 0 Å². The van der Waals surface area contributed by atoms with E-state index in [1.54, 1.807) is 0 Å². The lowest BCUT2D eigenvalue weighted by atomic mass is 10.0. The van der Waals surface area contributed by atoms with Gasteiger partial charge in [-0.2, -0.15) is 0 Å². The Morgan fingerprint density at radius 1 is 0.824 bits per heavy atom. The number of fused-ring (bicyclic) bond motifs is 1. The third-order valence-corrected chi connectivity index (χ3v) is 6.64. The van der Waals surface area contributed by atoms with Crippen LogP contribution in [0.5, 0.6) is 0 Å². The first kappa shape index (κ1) is 22.3. The van der Waals surface area contributed by atoms with Crippen molar-refractivity contribution in [1.29, 1.82) is 0 Å². The third-order valence-electron chi connectivity index (χ3n) is 5.89. The molecule has 0 atom stereocenters. The molecule has 0 spiro atoms. The van der Waals surface area contributed by atoms with Crippen LogP contribution in [0.1, 0.15) is 16.7 Å². The fourth-order valence-corrected chi connectivity index (χ4v) is 4.55. The van der Waals surface area contributed by atoms with Crippen molar-refractivity contribution in [2.45, 2.75) is 6.54 Å². The number of nitrogens with two attached hydrogens (primary N) is 1. The molecule has 0 radical (unpaired) electrons. The molecule has 0 aliphatic rings. The van der Waals surface area contributed by atoms with Crippen LogP contribution in [-0.2, 0) is 6.54 Å². The first-order valence-corrected chi connectivity index (χ1v) is 12.2. The topological polar surface area (TPSA) is 53.8 Å². The fraction of sp³-hybridized carbons (Fsp3) is 0.0345. The van der Waals surface area contributed by atoms with E-state index in [0.29, 0.717) is 17.3 Å². The molecule has 0 aliphatic carbocycles. The highest BCUT2D eigenvalue weighted by Crippen LogP contribution is 2.27. The van der Waals surface area contributed by atoms with Gasteiger partial charge in [-0.05, 0) is 58.1 Å². The summed E-state index contributed by atoms with van der Waals surface area (Å²) >= 11 is 9.68. The second-order valence-corrected chi connectivity index (χ2v) is 9.45. The van der Waals surface area contributed by atoms with Gasteiger partial charge in [-0.25, -0.2) is 0 Å². The lowest BCUT2D eigenvalue weighted by Crippen LogP contribution is -2.16. The van der Waals surface area contributed by atoms with E-state index in [0.717, 1.165) is 32.4 Å². The minimum atomic E-state index is 0.626. The molecule has 5 rings (SSSR count). The largest absolute Gasteiger partial charge is 0.397 e. The molecule has 34 heavy (non-hydrogen) atoms. The quantitative estimate of drug-likeness (QED) is 0.197. The highest BCUT2D eigenvalue weighted by Gasteiger charge is 2.12. The Morgan fingerprint density at radius 2 is 1.50 bits per heavy atom. The average Bonchev–Trinajstić information content (AvgIpc) is 3.27. The van der Waals surface area contributed by atoms with Gasteiger partial charge in [0.05, 0.1) is 11.4 Å². The molecule has 0 aliphatic heterocycles. The van der Waals surface area contributed by atoms with Crippen molar-refractivity contribution in [2.24, 2.45) is 5.73 Å². The monoisotopic (exact) mass is 527 g/mol. The van der Waals surface area contributed by atoms with Gasteiger partial charge in [0, 0.05) is 33.1 Å². The molecule has 0 saturated carbocycles. The normalized spacial score (nSPS) is 11.9. The van der Waals surface area contributed by atoms with Gasteiger partial charge >= 0.3 is 0 Å². The molecule has 168 valence electrons. The van der Waals surface area contributed by atoms with E-state index in [2.05, 4.69) is 74.8 Å². The summed E-state index contributed by atoms with van der Waals surface area (Å²) < 4.78 is 1.05. The zero-order valence-electron chi connectivity index (χ0n) is 18.4. The van der Waals surface area contributed by atoms with Crippen LogP contribution in [0.15, 0.2) is 108 Å². The number of rotatable bonds is 6. The van der Waals surface area contributed by atoms with E-state index in [1.165, 1.54) is 16.5 Å². The minimum absolute atomic E-state index is 0.626. The average molecular weight is 529 g/mol. The first-order chi connectivity index (χ1) is 16.6. The Bertz CT molecular complexity index is 1450. The molecule has 4 N–H and O–H groups in total. The summed E-state index contributed by atoms with van der Waals surface area (Å²) in [6.07, 6.45) is 2.04. The molecule has 0 unspecified atom stereocenters. The lowest BCUT2D eigenvalue weighted by Gasteiger charge is -2.16. The second kappa shape index (κ2) is 9.80. The number of nitrogens with one attached hydrogen (secondary N) is 2. The highest BCUT2D eigenvalue weighted by atomic mass is 79.9. The Kier molecular flexibility index (Phi) is 6.43. The second-order valence-electron chi connectivity index (χ2n) is 8.10. The van der Waals surface area contributed by atoms with Crippen molar-refractivity contribution in [1.82, 2.24) is 10.3 Å². The molecule has 0 amide bonds. The maximum absolute atomic E-state index is 6.71. The van der Waals surface area contributed by atoms with Crippen LogP contribution in [0.2, 0.25) is 5.02 Å². The van der Waals surface area contributed by atoms with E-state index in [9.17, 15) is 0 Å². The van der Waals surface area contributed by atoms with Crippen LogP contribution < -0.4 is 11.1 Å². The molecule has 5 aromatic rings. The predicted octanol–water partition coefficient (Wildman–Crippen LogP) is 7.83. The van der Waals surface area contributed by atoms with E-state index < -0.39 is 0 Å². The Morgan fingerprint density at radius 3 is 2.24 bits per heavy atom. The Balaban J connectivity index is 1.51. The SMILES string of the molecule is N/C(=C(\NCc1c[nH]c2ccc(Br)cc12)c1ccc(-c2ccccc2)cc1)c1ccc(Cl)cc1. The van der Waals surface area contributed by atoms with E-state index in [1.807, 2.05) is 54.7 Å². The summed E-state index contributed by atoms with van der Waals surface area (Å²) in [5.41, 5.74) is 14.8. The fourth-order valence-electron chi connectivity index (χ4n) is 4.07. The van der Waals surface area contributed by atoms with Crippen LogP contribution >= 0.6 is 27.5 Å². The van der Waals surface area contributed by atoms with Crippen LogP contribution in [-0.4, -0.2) is 4.98 Å². The van der Waals surface area contributed by atoms with Crippen LogP contribution in [0, 0.1) is 0 Å². The molecule has 0 fully saturated rings. The molecule has 5 heteroatoms. The maximum Gasteiger partial charge on any atom is 0.0656 e. The predicted molar refractivity (Wildman–Crippen MR) is 147 cm³/mol. The number of hydrogen-bond donors (Lipinski definition) is 3. The molecule has 1 aromatic heterocycles. The summed E-state index contributed by atoms with van der Waals surface area (Å²) in [5, 5.41) is 5.46. The van der Waals surface area contributed by atoms with Gasteiger partial charge in [0.2, 0.25) is 0 Å². The third kappa shape index (κ3) is 4.74. The summed E-state index contributed by atoms with van der Waals surface area (Å²) in [5.74, 6) is 0. The molecule has 0 bridgehead atoms. The van der Waals surface area contributed by atoms with E-state index in [-0.39, 0.29) is 0 Å². The van der Waals surface area contributed by atoms with Gasteiger partial charge in [-0.1, -0.05) is 94.3 Å². The summed E-state index contributed by atoms with van der Waals surface area (Å²) in [6, 6.07) is 32.7. The van der Waals surface area contributed by atoms with Crippen molar-refractivity contribution in [2.75, 3.05) is 0 Å². The molecule has 0 saturated heterocycles. The van der Waals surface area contributed by atoms with E-state index in [4.69, 9.17) is 17.3 Å². The van der Waals surface area contributed by atoms with Gasteiger partial charge < -0.3 is 16.0 Å². The van der Waals surface area contributed by atoms with Gasteiger partial charge in [0.15, 0.2) is 0 Å². The van der Waals surface area contributed by atoms with Gasteiger partial charge in [0.1, 0.15) is 0 Å². The van der Waals surface area contributed by atoms with Crippen molar-refractivity contribution in [3.8, 4) is 11.1 Å². The zero-order valence-corrected chi connectivity index (χ0v) is 20.7. The summed E-state index contributed by atoms with van der Waals surface area (Å²) in [4.78, 5) is 3.35. The highest BCUT2D eigenvalue weighted by molar-refractivity contribution is 9.10. The smallest absolute Gasteiger partial charge is 0.0656 e. The van der Waals surface area contributed by atoms with Crippen LogP contribution in [0.3, 0.4) is 0 Å². The number of hydrogen-bond acceptors (Lipinski definition) is 2. The van der Waals surface area contributed by atoms with Crippen molar-refractivity contribution >= 4 is 49.8 Å². The van der Waals surface area contributed by atoms with Crippen molar-refractivity contribution in [3.05, 3.63) is 129 Å². The number of halogens is 2. The summed E-state index contributed by atoms with van der Waals surface area (Å²) in [6.45, 7) is 0.626.